The van der Waals surface area contributed by atoms with Crippen molar-refractivity contribution in [1.82, 2.24) is 4.72 Å². The van der Waals surface area contributed by atoms with E-state index in [-0.39, 0.29) is 10.8 Å². The highest BCUT2D eigenvalue weighted by molar-refractivity contribution is 7.89. The van der Waals surface area contributed by atoms with E-state index in [0.717, 1.165) is 11.1 Å². The molecular weight excluding hydrogens is 412 g/mol. The molecule has 0 aromatic heterocycles. The van der Waals surface area contributed by atoms with Crippen LogP contribution in [0.3, 0.4) is 0 Å². The number of anilines is 1. The number of benzene rings is 3. The summed E-state index contributed by atoms with van der Waals surface area (Å²) >= 11 is 0. The van der Waals surface area contributed by atoms with Gasteiger partial charge in [-0.25, -0.2) is 13.1 Å². The zero-order chi connectivity index (χ0) is 22.3. The normalized spacial score (nSPS) is 12.2. The Kier molecular flexibility index (Phi) is 7.44. The van der Waals surface area contributed by atoms with Crippen molar-refractivity contribution in [2.24, 2.45) is 0 Å². The lowest BCUT2D eigenvalue weighted by atomic mass is 10.2. The lowest BCUT2D eigenvalue weighted by Crippen LogP contribution is -2.30. The summed E-state index contributed by atoms with van der Waals surface area (Å²) in [5.74, 6) is 0.327. The maximum atomic E-state index is 12.5. The number of para-hydroxylation sites is 1. The van der Waals surface area contributed by atoms with Gasteiger partial charge in [-0.3, -0.25) is 4.79 Å². The molecule has 0 spiro atoms. The number of rotatable bonds is 9. The SMILES string of the molecule is Cc1ccccc1OC(C)C(=O)Nc1ccc(S(=O)(=O)NCCc2ccccc2)cc1. The zero-order valence-electron chi connectivity index (χ0n) is 17.5. The number of nitrogens with one attached hydrogen (secondary N) is 2. The fraction of sp³-hybridized carbons (Fsp3) is 0.208. The van der Waals surface area contributed by atoms with Crippen LogP contribution in [0.4, 0.5) is 5.69 Å². The predicted molar refractivity (Wildman–Crippen MR) is 122 cm³/mol. The minimum absolute atomic E-state index is 0.141. The van der Waals surface area contributed by atoms with Crippen molar-refractivity contribution in [3.8, 4) is 5.75 Å². The average molecular weight is 439 g/mol. The second-order valence-electron chi connectivity index (χ2n) is 7.17. The first-order chi connectivity index (χ1) is 14.8. The molecule has 3 aromatic carbocycles. The molecule has 0 aliphatic heterocycles. The van der Waals surface area contributed by atoms with Crippen LogP contribution in [0.15, 0.2) is 83.8 Å². The van der Waals surface area contributed by atoms with E-state index in [9.17, 15) is 13.2 Å². The maximum absolute atomic E-state index is 12.5. The van der Waals surface area contributed by atoms with Crippen LogP contribution >= 0.6 is 0 Å². The number of carbonyl (C=O) groups is 1. The van der Waals surface area contributed by atoms with E-state index in [4.69, 9.17) is 4.74 Å². The van der Waals surface area contributed by atoms with Gasteiger partial charge in [-0.05, 0) is 61.7 Å². The number of hydrogen-bond acceptors (Lipinski definition) is 4. The highest BCUT2D eigenvalue weighted by Gasteiger charge is 2.17. The second kappa shape index (κ2) is 10.2. The highest BCUT2D eigenvalue weighted by Crippen LogP contribution is 2.19. The van der Waals surface area contributed by atoms with Crippen molar-refractivity contribution in [2.45, 2.75) is 31.3 Å². The number of aryl methyl sites for hydroxylation is 1. The average Bonchev–Trinajstić information content (AvgIpc) is 2.76. The molecule has 0 saturated carbocycles. The molecule has 162 valence electrons. The fourth-order valence-corrected chi connectivity index (χ4v) is 3.98. The first-order valence-corrected chi connectivity index (χ1v) is 11.5. The van der Waals surface area contributed by atoms with Crippen molar-refractivity contribution < 1.29 is 17.9 Å². The van der Waals surface area contributed by atoms with Crippen molar-refractivity contribution in [2.75, 3.05) is 11.9 Å². The summed E-state index contributed by atoms with van der Waals surface area (Å²) in [6.07, 6.45) is -0.100. The molecule has 7 heteroatoms. The Morgan fingerprint density at radius 1 is 0.935 bits per heavy atom. The summed E-state index contributed by atoms with van der Waals surface area (Å²) in [6, 6.07) is 23.2. The largest absolute Gasteiger partial charge is 0.481 e. The Bertz CT molecular complexity index is 1110. The topological polar surface area (TPSA) is 84.5 Å². The van der Waals surface area contributed by atoms with Gasteiger partial charge in [0.1, 0.15) is 5.75 Å². The van der Waals surface area contributed by atoms with Gasteiger partial charge in [-0.2, -0.15) is 0 Å². The van der Waals surface area contributed by atoms with Crippen LogP contribution in [0, 0.1) is 6.92 Å². The minimum Gasteiger partial charge on any atom is -0.481 e. The summed E-state index contributed by atoms with van der Waals surface area (Å²) in [7, 11) is -3.62. The van der Waals surface area contributed by atoms with Crippen molar-refractivity contribution in [3.63, 3.8) is 0 Å². The summed E-state index contributed by atoms with van der Waals surface area (Å²) < 4.78 is 33.3. The summed E-state index contributed by atoms with van der Waals surface area (Å²) in [5.41, 5.74) is 2.50. The van der Waals surface area contributed by atoms with E-state index in [1.807, 2.05) is 61.5 Å². The highest BCUT2D eigenvalue weighted by atomic mass is 32.2. The van der Waals surface area contributed by atoms with Crippen LogP contribution in [0.5, 0.6) is 5.75 Å². The van der Waals surface area contributed by atoms with Crippen LogP contribution in [0.2, 0.25) is 0 Å². The monoisotopic (exact) mass is 438 g/mol. The smallest absolute Gasteiger partial charge is 0.265 e. The molecule has 3 rings (SSSR count). The maximum Gasteiger partial charge on any atom is 0.265 e. The van der Waals surface area contributed by atoms with Crippen LogP contribution < -0.4 is 14.8 Å². The van der Waals surface area contributed by atoms with Gasteiger partial charge in [-0.1, -0.05) is 48.5 Å². The molecule has 0 bridgehead atoms. The molecule has 2 N–H and O–H groups in total. The van der Waals surface area contributed by atoms with Crippen molar-refractivity contribution in [1.29, 1.82) is 0 Å². The van der Waals surface area contributed by atoms with E-state index in [1.54, 1.807) is 19.1 Å². The van der Waals surface area contributed by atoms with Gasteiger partial charge in [0, 0.05) is 12.2 Å². The van der Waals surface area contributed by atoms with Gasteiger partial charge in [0.15, 0.2) is 6.10 Å². The molecule has 3 aromatic rings. The molecular formula is C24H26N2O4S. The third-order valence-electron chi connectivity index (χ3n) is 4.75. The summed E-state index contributed by atoms with van der Waals surface area (Å²) in [6.45, 7) is 3.88. The third-order valence-corrected chi connectivity index (χ3v) is 6.22. The molecule has 0 saturated heterocycles. The van der Waals surface area contributed by atoms with E-state index < -0.39 is 16.1 Å². The molecule has 0 fully saturated rings. The van der Waals surface area contributed by atoms with E-state index in [0.29, 0.717) is 24.4 Å². The van der Waals surface area contributed by atoms with Gasteiger partial charge in [0.25, 0.3) is 5.91 Å². The number of amides is 1. The Hall–Kier alpha value is -3.16. The zero-order valence-corrected chi connectivity index (χ0v) is 18.4. The molecule has 6 nitrogen and oxygen atoms in total. The molecule has 0 aliphatic carbocycles. The van der Waals surface area contributed by atoms with Gasteiger partial charge in [0.2, 0.25) is 10.0 Å². The quantitative estimate of drug-likeness (QED) is 0.530. The number of sulfonamides is 1. The van der Waals surface area contributed by atoms with Crippen LogP contribution in [-0.2, 0) is 21.2 Å². The number of ether oxygens (including phenoxy) is 1. The first-order valence-electron chi connectivity index (χ1n) is 10.0. The number of carbonyl (C=O) groups excluding carboxylic acids is 1. The molecule has 1 unspecified atom stereocenters. The molecule has 0 radical (unpaired) electrons. The molecule has 31 heavy (non-hydrogen) atoms. The van der Waals surface area contributed by atoms with Crippen molar-refractivity contribution >= 4 is 21.6 Å². The Morgan fingerprint density at radius 3 is 2.26 bits per heavy atom. The molecule has 1 atom stereocenters. The standard InChI is InChI=1S/C24H26N2O4S/c1-18-8-6-7-11-23(18)30-19(2)24(27)26-21-12-14-22(15-13-21)31(28,29)25-17-16-20-9-4-3-5-10-20/h3-15,19,25H,16-17H2,1-2H3,(H,26,27). The summed E-state index contributed by atoms with van der Waals surface area (Å²) in [4.78, 5) is 12.6. The lowest BCUT2D eigenvalue weighted by Gasteiger charge is -2.16. The molecule has 0 heterocycles. The van der Waals surface area contributed by atoms with Crippen LogP contribution in [0.1, 0.15) is 18.1 Å². The fourth-order valence-electron chi connectivity index (χ4n) is 2.95. The Morgan fingerprint density at radius 2 is 1.58 bits per heavy atom. The van der Waals surface area contributed by atoms with Crippen LogP contribution in [0.25, 0.3) is 0 Å². The van der Waals surface area contributed by atoms with E-state index >= 15 is 0 Å². The molecule has 0 aliphatic rings. The Labute approximate surface area is 183 Å². The minimum atomic E-state index is -3.62. The van der Waals surface area contributed by atoms with Crippen molar-refractivity contribution in [3.05, 3.63) is 90.0 Å². The first kappa shape index (κ1) is 22.5. The van der Waals surface area contributed by atoms with Gasteiger partial charge < -0.3 is 10.1 Å². The summed E-state index contributed by atoms with van der Waals surface area (Å²) in [5, 5.41) is 2.75. The van der Waals surface area contributed by atoms with E-state index in [1.165, 1.54) is 12.1 Å². The van der Waals surface area contributed by atoms with Gasteiger partial charge >= 0.3 is 0 Å². The second-order valence-corrected chi connectivity index (χ2v) is 8.94. The van der Waals surface area contributed by atoms with Gasteiger partial charge in [-0.15, -0.1) is 0 Å². The molecule has 1 amide bonds. The Balaban J connectivity index is 1.55. The predicted octanol–water partition coefficient (Wildman–Crippen LogP) is 3.92. The third kappa shape index (κ3) is 6.41. The number of hydrogen-bond donors (Lipinski definition) is 2. The lowest BCUT2D eigenvalue weighted by molar-refractivity contribution is -0.122. The van der Waals surface area contributed by atoms with Gasteiger partial charge in [0.05, 0.1) is 4.90 Å². The van der Waals surface area contributed by atoms with E-state index in [2.05, 4.69) is 10.0 Å². The van der Waals surface area contributed by atoms with Crippen LogP contribution in [-0.4, -0.2) is 27.0 Å².